The topological polar surface area (TPSA) is 120 Å². The van der Waals surface area contributed by atoms with Gasteiger partial charge in [0.15, 0.2) is 22.5 Å². The zero-order valence-electron chi connectivity index (χ0n) is 28.1. The van der Waals surface area contributed by atoms with Crippen LogP contribution < -0.4 is 19.5 Å². The maximum absolute atomic E-state index is 14.1. The summed E-state index contributed by atoms with van der Waals surface area (Å²) in [5.41, 5.74) is 4.16. The van der Waals surface area contributed by atoms with Gasteiger partial charge >= 0.3 is 0 Å². The number of nitrogens with zero attached hydrogens (tertiary/aromatic N) is 5. The highest BCUT2D eigenvalue weighted by Gasteiger charge is 2.36. The number of hydrogen-bond acceptors (Lipinski definition) is 9. The summed E-state index contributed by atoms with van der Waals surface area (Å²) in [5.74, 6) is 2.11. The van der Waals surface area contributed by atoms with Crippen molar-refractivity contribution in [3.05, 3.63) is 131 Å². The van der Waals surface area contributed by atoms with Crippen molar-refractivity contribution in [1.29, 1.82) is 0 Å². The molecule has 4 aromatic carbocycles. The van der Waals surface area contributed by atoms with E-state index in [4.69, 9.17) is 19.3 Å². The fourth-order valence-corrected chi connectivity index (χ4v) is 6.66. The van der Waals surface area contributed by atoms with Crippen LogP contribution in [-0.2, 0) is 24.3 Å². The first-order valence-corrected chi connectivity index (χ1v) is 17.1. The van der Waals surface area contributed by atoms with Crippen molar-refractivity contribution >= 4 is 29.3 Å². The smallest absolute Gasteiger partial charge is 0.253 e. The number of hydrogen-bond donors (Lipinski definition) is 1. The highest BCUT2D eigenvalue weighted by Crippen LogP contribution is 2.42. The van der Waals surface area contributed by atoms with Gasteiger partial charge in [-0.15, -0.1) is 10.2 Å². The summed E-state index contributed by atoms with van der Waals surface area (Å²) in [6, 6.07) is 32.0. The Morgan fingerprint density at radius 1 is 0.840 bits per heavy atom. The molecule has 0 bridgehead atoms. The zero-order chi connectivity index (χ0) is 34.9. The molecular weight excluding hydrogens is 653 g/mol. The Morgan fingerprint density at radius 2 is 1.58 bits per heavy atom. The third-order valence-electron chi connectivity index (χ3n) is 8.41. The predicted octanol–water partition coefficient (Wildman–Crippen LogP) is 5.95. The first-order chi connectivity index (χ1) is 24.5. The Hall–Kier alpha value is -5.62. The van der Waals surface area contributed by atoms with E-state index in [-0.39, 0.29) is 24.1 Å². The van der Waals surface area contributed by atoms with Gasteiger partial charge in [-0.2, -0.15) is 5.10 Å². The standard InChI is InChI=1S/C38H38N6O5S/c1-47-29-19-17-27(18-20-29)31-23-32(30-15-10-16-33(48-2)36(30)49-3)44(42-31)35(45)25-50-38-41-40-34(24-39-37(46)28-13-8-5-9-14-28)43(38)22-21-26-11-6-4-7-12-26/h4-20,32H,21-25H2,1-3H3,(H,39,46). The molecule has 0 fully saturated rings. The molecule has 1 N–H and O–H groups in total. The van der Waals surface area contributed by atoms with Crippen LogP contribution in [0.1, 0.15) is 45.3 Å². The third-order valence-corrected chi connectivity index (χ3v) is 9.36. The van der Waals surface area contributed by atoms with E-state index in [1.54, 1.807) is 33.5 Å². The van der Waals surface area contributed by atoms with Crippen molar-refractivity contribution < 1.29 is 23.8 Å². The molecular formula is C38H38N6O5S. The summed E-state index contributed by atoms with van der Waals surface area (Å²) in [6.07, 6.45) is 1.20. The molecule has 0 saturated carbocycles. The second kappa shape index (κ2) is 16.2. The summed E-state index contributed by atoms with van der Waals surface area (Å²) >= 11 is 1.29. The van der Waals surface area contributed by atoms with Crippen molar-refractivity contribution in [2.45, 2.75) is 37.1 Å². The molecule has 12 heteroatoms. The van der Waals surface area contributed by atoms with Crippen LogP contribution in [0.3, 0.4) is 0 Å². The molecule has 1 aliphatic rings. The van der Waals surface area contributed by atoms with Crippen LogP contribution in [0.5, 0.6) is 17.2 Å². The van der Waals surface area contributed by atoms with E-state index in [9.17, 15) is 9.59 Å². The second-order valence-electron chi connectivity index (χ2n) is 11.4. The minimum absolute atomic E-state index is 0.0576. The van der Waals surface area contributed by atoms with Gasteiger partial charge in [-0.3, -0.25) is 9.59 Å². The van der Waals surface area contributed by atoms with Crippen molar-refractivity contribution in [2.75, 3.05) is 27.1 Å². The largest absolute Gasteiger partial charge is 0.497 e. The van der Waals surface area contributed by atoms with Gasteiger partial charge in [0, 0.05) is 24.1 Å². The maximum Gasteiger partial charge on any atom is 0.253 e. The van der Waals surface area contributed by atoms with Gasteiger partial charge in [0.25, 0.3) is 11.8 Å². The number of para-hydroxylation sites is 1. The van der Waals surface area contributed by atoms with Crippen LogP contribution in [0.15, 0.2) is 113 Å². The highest BCUT2D eigenvalue weighted by atomic mass is 32.2. The number of thioether (sulfide) groups is 1. The fourth-order valence-electron chi connectivity index (χ4n) is 5.82. The van der Waals surface area contributed by atoms with Crippen LogP contribution in [-0.4, -0.2) is 64.4 Å². The summed E-state index contributed by atoms with van der Waals surface area (Å²) < 4.78 is 18.7. The number of aryl methyl sites for hydroxylation is 1. The van der Waals surface area contributed by atoms with E-state index in [0.717, 1.165) is 34.6 Å². The molecule has 0 saturated heterocycles. The van der Waals surface area contributed by atoms with Crippen molar-refractivity contribution in [3.63, 3.8) is 0 Å². The number of amides is 2. The molecule has 1 atom stereocenters. The quantitative estimate of drug-likeness (QED) is 0.142. The van der Waals surface area contributed by atoms with Gasteiger partial charge in [0.2, 0.25) is 0 Å². The third kappa shape index (κ3) is 7.81. The average molecular weight is 691 g/mol. The zero-order valence-corrected chi connectivity index (χ0v) is 28.9. The lowest BCUT2D eigenvalue weighted by molar-refractivity contribution is -0.130. The van der Waals surface area contributed by atoms with Gasteiger partial charge in [0.1, 0.15) is 5.75 Å². The number of benzene rings is 4. The van der Waals surface area contributed by atoms with Gasteiger partial charge < -0.3 is 24.1 Å². The van der Waals surface area contributed by atoms with E-state index in [1.165, 1.54) is 16.8 Å². The van der Waals surface area contributed by atoms with Gasteiger partial charge in [0.05, 0.1) is 45.4 Å². The Balaban J connectivity index is 1.25. The second-order valence-corrected chi connectivity index (χ2v) is 12.4. The Kier molecular flexibility index (Phi) is 11.1. The first kappa shape index (κ1) is 34.3. The lowest BCUT2D eigenvalue weighted by Crippen LogP contribution is -2.29. The monoisotopic (exact) mass is 690 g/mol. The van der Waals surface area contributed by atoms with Gasteiger partial charge in [-0.1, -0.05) is 72.4 Å². The Bertz CT molecular complexity index is 1950. The van der Waals surface area contributed by atoms with E-state index in [2.05, 4.69) is 27.6 Å². The van der Waals surface area contributed by atoms with Crippen LogP contribution in [0, 0.1) is 0 Å². The SMILES string of the molecule is COc1ccc(C2=NN(C(=O)CSc3nnc(CNC(=O)c4ccccc4)n3CCc3ccccc3)C(c3cccc(OC)c3OC)C2)cc1. The van der Waals surface area contributed by atoms with Gasteiger partial charge in [-0.05, 0) is 60.0 Å². The summed E-state index contributed by atoms with van der Waals surface area (Å²) in [6.45, 7) is 0.751. The molecule has 11 nitrogen and oxygen atoms in total. The highest BCUT2D eigenvalue weighted by molar-refractivity contribution is 7.99. The number of carbonyl (C=O) groups excluding carboxylic acids is 2. The molecule has 6 rings (SSSR count). The number of methoxy groups -OCH3 is 3. The lowest BCUT2D eigenvalue weighted by atomic mass is 9.97. The van der Waals surface area contributed by atoms with E-state index in [1.807, 2.05) is 83.4 Å². The van der Waals surface area contributed by atoms with Crippen LogP contribution in [0.2, 0.25) is 0 Å². The number of hydrazone groups is 1. The number of aromatic nitrogens is 3. The van der Waals surface area contributed by atoms with Crippen LogP contribution in [0.4, 0.5) is 0 Å². The molecule has 5 aromatic rings. The normalized spacial score (nSPS) is 13.9. The van der Waals surface area contributed by atoms with Crippen molar-refractivity contribution in [2.24, 2.45) is 5.10 Å². The first-order valence-electron chi connectivity index (χ1n) is 16.2. The van der Waals surface area contributed by atoms with Crippen LogP contribution >= 0.6 is 11.8 Å². The fraction of sp³-hybridized carbons (Fsp3) is 0.237. The summed E-state index contributed by atoms with van der Waals surface area (Å²) in [7, 11) is 4.80. The maximum atomic E-state index is 14.1. The molecule has 256 valence electrons. The van der Waals surface area contributed by atoms with Crippen molar-refractivity contribution in [1.82, 2.24) is 25.1 Å². The van der Waals surface area contributed by atoms with E-state index >= 15 is 0 Å². The van der Waals surface area contributed by atoms with Crippen LogP contribution in [0.25, 0.3) is 0 Å². The number of rotatable bonds is 14. The van der Waals surface area contributed by atoms with E-state index in [0.29, 0.717) is 41.0 Å². The molecule has 0 radical (unpaired) electrons. The Morgan fingerprint density at radius 3 is 2.28 bits per heavy atom. The molecule has 1 unspecified atom stereocenters. The lowest BCUT2D eigenvalue weighted by Gasteiger charge is -2.24. The summed E-state index contributed by atoms with van der Waals surface area (Å²) in [4.78, 5) is 26.9. The number of nitrogens with one attached hydrogen (secondary N) is 1. The Labute approximate surface area is 295 Å². The molecule has 1 aromatic heterocycles. The van der Waals surface area contributed by atoms with Gasteiger partial charge in [-0.25, -0.2) is 5.01 Å². The molecule has 0 spiro atoms. The number of ether oxygens (including phenoxy) is 3. The minimum atomic E-state index is -0.426. The van der Waals surface area contributed by atoms with Crippen molar-refractivity contribution in [3.8, 4) is 17.2 Å². The summed E-state index contributed by atoms with van der Waals surface area (Å²) in [5, 5.41) is 18.8. The number of carbonyl (C=O) groups is 2. The molecule has 50 heavy (non-hydrogen) atoms. The molecule has 2 amide bonds. The molecule has 2 heterocycles. The molecule has 0 aliphatic carbocycles. The minimum Gasteiger partial charge on any atom is -0.497 e. The average Bonchev–Trinajstić information content (AvgIpc) is 3.80. The predicted molar refractivity (Wildman–Crippen MR) is 192 cm³/mol. The molecule has 1 aliphatic heterocycles. The van der Waals surface area contributed by atoms with E-state index < -0.39 is 6.04 Å².